The first kappa shape index (κ1) is 20.8. The van der Waals surface area contributed by atoms with Gasteiger partial charge in [0.25, 0.3) is 0 Å². The van der Waals surface area contributed by atoms with E-state index >= 15 is 0 Å². The molecule has 9 nitrogen and oxygen atoms in total. The third kappa shape index (κ3) is 10.6. The molecule has 0 aliphatic carbocycles. The number of hydrogen-bond donors (Lipinski definition) is 4. The summed E-state index contributed by atoms with van der Waals surface area (Å²) in [6.07, 6.45) is 0.794. The number of nitrogens with one attached hydrogen (secondary N) is 2. The molecule has 0 bridgehead atoms. The summed E-state index contributed by atoms with van der Waals surface area (Å²) in [7, 11) is 1.22. The molecule has 11 heteroatoms. The number of nitrogens with zero attached hydrogens (tertiary/aromatic N) is 1. The van der Waals surface area contributed by atoms with Crippen molar-refractivity contribution in [1.29, 1.82) is 0 Å². The van der Waals surface area contributed by atoms with Crippen molar-refractivity contribution in [3.05, 3.63) is 0 Å². The highest BCUT2D eigenvalue weighted by molar-refractivity contribution is 14.2. The standard InChI is InChI=1S/C11H20IN4O5P/c1-21-10(20)7(15-8(17)4-5-9(18)19)3-2-6-14-11(13)16-22-12/h7,22H,2-6H2,1H3,(H,15,17)(H,18,19)(H3,13,14,16)/t7-/m0/s1. The molecule has 0 aliphatic rings. The van der Waals surface area contributed by atoms with Gasteiger partial charge in [-0.05, 0) is 34.9 Å². The third-order valence-electron chi connectivity index (χ3n) is 2.50. The van der Waals surface area contributed by atoms with Crippen LogP contribution in [0, 0.1) is 0 Å². The number of carboxylic acid groups (broad SMARTS) is 1. The molecule has 22 heavy (non-hydrogen) atoms. The Hall–Kier alpha value is -1.16. The van der Waals surface area contributed by atoms with Gasteiger partial charge in [0.2, 0.25) is 5.91 Å². The molecule has 0 saturated heterocycles. The average Bonchev–Trinajstić information content (AvgIpc) is 2.47. The lowest BCUT2D eigenvalue weighted by Crippen LogP contribution is -2.41. The van der Waals surface area contributed by atoms with Crippen LogP contribution in [-0.4, -0.2) is 48.6 Å². The number of aliphatic imine (C=N–C) groups is 1. The van der Waals surface area contributed by atoms with Gasteiger partial charge in [0.15, 0.2) is 5.96 Å². The number of nitrogens with two attached hydrogens (primary N) is 1. The monoisotopic (exact) mass is 446 g/mol. The Bertz CT molecular complexity index is 421. The minimum atomic E-state index is -1.07. The van der Waals surface area contributed by atoms with Gasteiger partial charge in [-0.25, -0.2) is 4.79 Å². The van der Waals surface area contributed by atoms with Crippen LogP contribution in [-0.2, 0) is 19.1 Å². The Labute approximate surface area is 143 Å². The van der Waals surface area contributed by atoms with Crippen LogP contribution < -0.4 is 16.1 Å². The predicted octanol–water partition coefficient (Wildman–Crippen LogP) is 0.137. The Morgan fingerprint density at radius 1 is 1.41 bits per heavy atom. The van der Waals surface area contributed by atoms with E-state index in [1.54, 1.807) is 0 Å². The van der Waals surface area contributed by atoms with E-state index in [-0.39, 0.29) is 12.8 Å². The first-order chi connectivity index (χ1) is 10.4. The number of carboxylic acids is 1. The SMILES string of the molecule is COC(=O)[C@H](CCCN=C(N)NPI)NC(=O)CCC(=O)O. The Morgan fingerprint density at radius 2 is 2.09 bits per heavy atom. The average molecular weight is 446 g/mol. The summed E-state index contributed by atoms with van der Waals surface area (Å²) in [5.41, 5.74) is 5.56. The van der Waals surface area contributed by atoms with Gasteiger partial charge >= 0.3 is 11.9 Å². The van der Waals surface area contributed by atoms with Crippen molar-refractivity contribution in [1.82, 2.24) is 10.4 Å². The van der Waals surface area contributed by atoms with Crippen LogP contribution in [0.1, 0.15) is 25.7 Å². The van der Waals surface area contributed by atoms with E-state index in [0.29, 0.717) is 31.7 Å². The second kappa shape index (κ2) is 12.4. The van der Waals surface area contributed by atoms with E-state index in [4.69, 9.17) is 10.8 Å². The zero-order chi connectivity index (χ0) is 17.0. The van der Waals surface area contributed by atoms with Crippen molar-refractivity contribution < 1.29 is 24.2 Å². The molecule has 2 atom stereocenters. The molecule has 126 valence electrons. The number of esters is 1. The van der Waals surface area contributed by atoms with Gasteiger partial charge in [0.1, 0.15) is 6.04 Å². The molecule has 0 aliphatic heterocycles. The molecule has 1 amide bonds. The lowest BCUT2D eigenvalue weighted by molar-refractivity contribution is -0.145. The zero-order valence-electron chi connectivity index (χ0n) is 12.1. The number of halogens is 1. The Balaban J connectivity index is 4.29. The molecule has 0 rings (SSSR count). The fourth-order valence-corrected chi connectivity index (χ4v) is 2.47. The van der Waals surface area contributed by atoms with Crippen LogP contribution in [0.5, 0.6) is 0 Å². The number of carbonyl (C=O) groups is 3. The lowest BCUT2D eigenvalue weighted by Gasteiger charge is -2.15. The Kier molecular flexibility index (Phi) is 11.7. The largest absolute Gasteiger partial charge is 0.481 e. The summed E-state index contributed by atoms with van der Waals surface area (Å²) in [5.74, 6) is -1.83. The van der Waals surface area contributed by atoms with Crippen LogP contribution in [0.15, 0.2) is 4.99 Å². The van der Waals surface area contributed by atoms with E-state index in [9.17, 15) is 14.4 Å². The fourth-order valence-electron chi connectivity index (χ4n) is 1.46. The Morgan fingerprint density at radius 3 is 2.64 bits per heavy atom. The van der Waals surface area contributed by atoms with Gasteiger partial charge < -0.3 is 26.0 Å². The predicted molar refractivity (Wildman–Crippen MR) is 92.0 cm³/mol. The summed E-state index contributed by atoms with van der Waals surface area (Å²) in [6.45, 7) is 0.401. The summed E-state index contributed by atoms with van der Waals surface area (Å²) in [5, 5.41) is 13.8. The molecule has 0 fully saturated rings. The highest BCUT2D eigenvalue weighted by Gasteiger charge is 2.21. The zero-order valence-corrected chi connectivity index (χ0v) is 15.3. The molecular weight excluding hydrogens is 426 g/mol. The summed E-state index contributed by atoms with van der Waals surface area (Å²) in [6, 6.07) is -0.817. The molecule has 0 heterocycles. The first-order valence-corrected chi connectivity index (χ1v) is 10.5. The number of hydrogen-bond acceptors (Lipinski definition) is 5. The number of ether oxygens (including phenoxy) is 1. The van der Waals surface area contributed by atoms with Crippen molar-refractivity contribution in [3.63, 3.8) is 0 Å². The van der Waals surface area contributed by atoms with Crippen LogP contribution in [0.3, 0.4) is 0 Å². The number of methoxy groups -OCH3 is 1. The van der Waals surface area contributed by atoms with Crippen molar-refractivity contribution in [2.45, 2.75) is 31.7 Å². The summed E-state index contributed by atoms with van der Waals surface area (Å²) in [4.78, 5) is 37.6. The molecular formula is C11H20IN4O5P. The van der Waals surface area contributed by atoms with Crippen LogP contribution >= 0.6 is 28.4 Å². The molecule has 0 spiro atoms. The van der Waals surface area contributed by atoms with E-state index in [0.717, 1.165) is 0 Å². The molecule has 1 unspecified atom stereocenters. The minimum Gasteiger partial charge on any atom is -0.481 e. The highest BCUT2D eigenvalue weighted by atomic mass is 127. The van der Waals surface area contributed by atoms with Gasteiger partial charge in [0.05, 0.1) is 13.5 Å². The molecule has 0 aromatic heterocycles. The lowest BCUT2D eigenvalue weighted by atomic mass is 10.1. The highest BCUT2D eigenvalue weighted by Crippen LogP contribution is 2.12. The maximum Gasteiger partial charge on any atom is 0.328 e. The van der Waals surface area contributed by atoms with Crippen molar-refractivity contribution in [3.8, 4) is 0 Å². The van der Waals surface area contributed by atoms with Gasteiger partial charge in [-0.1, -0.05) is 0 Å². The maximum atomic E-state index is 11.6. The van der Waals surface area contributed by atoms with E-state index in [1.807, 2.05) is 0 Å². The molecule has 0 aromatic rings. The molecule has 0 aromatic carbocycles. The summed E-state index contributed by atoms with van der Waals surface area (Å²) < 4.78 is 4.61. The smallest absolute Gasteiger partial charge is 0.328 e. The molecule has 0 radical (unpaired) electrons. The third-order valence-corrected chi connectivity index (χ3v) is 3.65. The van der Waals surface area contributed by atoms with Gasteiger partial charge in [-0.2, -0.15) is 0 Å². The van der Waals surface area contributed by atoms with Gasteiger partial charge in [-0.15, -0.1) is 0 Å². The number of rotatable bonds is 10. The normalized spacial score (nSPS) is 12.9. The first-order valence-electron chi connectivity index (χ1n) is 6.41. The van der Waals surface area contributed by atoms with Crippen LogP contribution in [0.4, 0.5) is 0 Å². The second-order valence-corrected chi connectivity index (χ2v) is 6.22. The van der Waals surface area contributed by atoms with Gasteiger partial charge in [0, 0.05) is 19.3 Å². The number of guanidine groups is 1. The van der Waals surface area contributed by atoms with Crippen molar-refractivity contribution in [2.75, 3.05) is 13.7 Å². The maximum absolute atomic E-state index is 11.6. The molecule has 0 saturated carbocycles. The second-order valence-electron chi connectivity index (χ2n) is 4.17. The topological polar surface area (TPSA) is 143 Å². The number of aliphatic carboxylic acids is 1. The van der Waals surface area contributed by atoms with Crippen molar-refractivity contribution >= 4 is 52.2 Å². The van der Waals surface area contributed by atoms with Crippen molar-refractivity contribution in [2.24, 2.45) is 10.7 Å². The van der Waals surface area contributed by atoms with Gasteiger partial charge in [-0.3, -0.25) is 14.6 Å². The number of amides is 1. The number of carbonyl (C=O) groups excluding carboxylic acids is 2. The quantitative estimate of drug-likeness (QED) is 0.0934. The molecule has 5 N–H and O–H groups in total. The fraction of sp³-hybridized carbons (Fsp3) is 0.636. The van der Waals surface area contributed by atoms with E-state index in [2.05, 4.69) is 42.2 Å². The van der Waals surface area contributed by atoms with Crippen LogP contribution in [0.25, 0.3) is 0 Å². The minimum absolute atomic E-state index is 0.186. The van der Waals surface area contributed by atoms with Crippen LogP contribution in [0.2, 0.25) is 0 Å². The van der Waals surface area contributed by atoms with E-state index < -0.39 is 23.9 Å². The summed E-state index contributed by atoms with van der Waals surface area (Å²) >= 11 is 2.12. The van der Waals surface area contributed by atoms with E-state index in [1.165, 1.54) is 7.11 Å².